The number of nitrogens with zero attached hydrogens (tertiary/aromatic N) is 4. The number of azo groups is 1. The molecular weight excluding hydrogens is 144 g/mol. The van der Waals surface area contributed by atoms with Gasteiger partial charge in [-0.3, -0.25) is 4.79 Å². The van der Waals surface area contributed by atoms with Crippen molar-refractivity contribution >= 4 is 18.5 Å². The molecule has 0 spiro atoms. The lowest BCUT2D eigenvalue weighted by molar-refractivity contribution is -0.118. The van der Waals surface area contributed by atoms with E-state index in [1.54, 1.807) is 6.08 Å². The summed E-state index contributed by atoms with van der Waals surface area (Å²) >= 11 is 0. The summed E-state index contributed by atoms with van der Waals surface area (Å²) < 4.78 is 0. The van der Waals surface area contributed by atoms with E-state index in [-0.39, 0.29) is 5.91 Å². The predicted molar refractivity (Wildman–Crippen MR) is 38.7 cm³/mol. The summed E-state index contributed by atoms with van der Waals surface area (Å²) in [4.78, 5) is 18.4. The Bertz CT molecular complexity index is 313. The van der Waals surface area contributed by atoms with E-state index in [9.17, 15) is 4.79 Å². The highest BCUT2D eigenvalue weighted by atomic mass is 16.1. The Morgan fingerprint density at radius 1 is 1.36 bits per heavy atom. The smallest absolute Gasteiger partial charge is 0.270 e. The zero-order chi connectivity index (χ0) is 7.68. The Kier molecular flexibility index (Phi) is 1.21. The first-order valence-electron chi connectivity index (χ1n) is 3.08. The Balaban J connectivity index is 2.43. The number of dihydropyridines is 1. The van der Waals surface area contributed by atoms with Crippen molar-refractivity contribution in [3.05, 3.63) is 11.8 Å². The van der Waals surface area contributed by atoms with E-state index in [1.165, 1.54) is 12.6 Å². The van der Waals surface area contributed by atoms with Gasteiger partial charge in [0.15, 0.2) is 6.04 Å². The van der Waals surface area contributed by atoms with Gasteiger partial charge in [-0.15, -0.1) is 5.11 Å². The standard InChI is InChI=1S/C6H4N4O/c11-6-5-4(1-2-7-6)8-3-9-10-5/h1-3,5H. The van der Waals surface area contributed by atoms with Crippen LogP contribution in [0, 0.1) is 0 Å². The molecule has 2 heterocycles. The average molecular weight is 148 g/mol. The highest BCUT2D eigenvalue weighted by molar-refractivity contribution is 5.98. The van der Waals surface area contributed by atoms with Gasteiger partial charge in [-0.25, -0.2) is 9.98 Å². The molecule has 0 saturated heterocycles. The van der Waals surface area contributed by atoms with E-state index >= 15 is 0 Å². The van der Waals surface area contributed by atoms with Crippen LogP contribution in [0.2, 0.25) is 0 Å². The fraction of sp³-hybridized carbons (Fsp3) is 0.167. The second-order valence-electron chi connectivity index (χ2n) is 2.09. The number of aliphatic imine (C=N–C) groups is 2. The molecule has 0 radical (unpaired) electrons. The summed E-state index contributed by atoms with van der Waals surface area (Å²) in [5.74, 6) is -0.303. The molecule has 0 aliphatic carbocycles. The second-order valence-corrected chi connectivity index (χ2v) is 2.09. The highest BCUT2D eigenvalue weighted by Gasteiger charge is 2.25. The first-order chi connectivity index (χ1) is 5.38. The number of hydrogen-bond donors (Lipinski definition) is 0. The van der Waals surface area contributed by atoms with Crippen molar-refractivity contribution in [1.29, 1.82) is 0 Å². The Labute approximate surface area is 62.3 Å². The molecule has 0 bridgehead atoms. The van der Waals surface area contributed by atoms with Crippen molar-refractivity contribution in [2.75, 3.05) is 0 Å². The monoisotopic (exact) mass is 148 g/mol. The molecule has 1 amide bonds. The summed E-state index contributed by atoms with van der Waals surface area (Å²) in [5.41, 5.74) is 0.611. The molecule has 54 valence electrons. The van der Waals surface area contributed by atoms with Crippen LogP contribution in [0.25, 0.3) is 0 Å². The maximum atomic E-state index is 11.0. The van der Waals surface area contributed by atoms with Crippen molar-refractivity contribution in [3.63, 3.8) is 0 Å². The van der Waals surface area contributed by atoms with E-state index in [1.807, 2.05) is 0 Å². The lowest BCUT2D eigenvalue weighted by atomic mass is 10.2. The lowest BCUT2D eigenvalue weighted by Gasteiger charge is -2.11. The van der Waals surface area contributed by atoms with Gasteiger partial charge < -0.3 is 0 Å². The van der Waals surface area contributed by atoms with Crippen molar-refractivity contribution in [2.24, 2.45) is 20.2 Å². The van der Waals surface area contributed by atoms with Crippen molar-refractivity contribution < 1.29 is 4.79 Å². The number of carbonyl (C=O) groups is 1. The molecule has 0 aromatic heterocycles. The average Bonchev–Trinajstić information content (AvgIpc) is 2.06. The third-order valence-electron chi connectivity index (χ3n) is 1.40. The number of hydrogen-bond acceptors (Lipinski definition) is 4. The van der Waals surface area contributed by atoms with E-state index in [0.29, 0.717) is 5.70 Å². The maximum Gasteiger partial charge on any atom is 0.278 e. The zero-order valence-corrected chi connectivity index (χ0v) is 5.51. The topological polar surface area (TPSA) is 66.5 Å². The summed E-state index contributed by atoms with van der Waals surface area (Å²) in [5, 5.41) is 7.19. The summed E-state index contributed by atoms with van der Waals surface area (Å²) in [6.45, 7) is 0. The molecule has 5 nitrogen and oxygen atoms in total. The molecule has 2 aliphatic heterocycles. The molecule has 0 aromatic rings. The number of carbonyl (C=O) groups excluding carboxylic acids is 1. The third kappa shape index (κ3) is 0.899. The van der Waals surface area contributed by atoms with Gasteiger partial charge in [0.05, 0.1) is 5.70 Å². The minimum Gasteiger partial charge on any atom is -0.270 e. The maximum absolute atomic E-state index is 11.0. The first-order valence-corrected chi connectivity index (χ1v) is 3.08. The fourth-order valence-electron chi connectivity index (χ4n) is 0.886. The molecule has 0 fully saturated rings. The van der Waals surface area contributed by atoms with Gasteiger partial charge in [0.25, 0.3) is 5.91 Å². The van der Waals surface area contributed by atoms with Gasteiger partial charge in [-0.05, 0) is 6.08 Å². The first kappa shape index (κ1) is 6.09. The quantitative estimate of drug-likeness (QED) is 0.488. The molecule has 1 atom stereocenters. The van der Waals surface area contributed by atoms with Crippen LogP contribution in [-0.2, 0) is 4.79 Å². The van der Waals surface area contributed by atoms with Gasteiger partial charge in [0.1, 0.15) is 6.34 Å². The molecule has 0 saturated carbocycles. The number of fused-ring (bicyclic) bond motifs is 1. The SMILES string of the molecule is O=C1N=CC=C2N=CN=NC12. The molecule has 2 aliphatic rings. The van der Waals surface area contributed by atoms with Crippen LogP contribution in [0.15, 0.2) is 32.0 Å². The van der Waals surface area contributed by atoms with Crippen LogP contribution in [-0.4, -0.2) is 24.5 Å². The van der Waals surface area contributed by atoms with Gasteiger partial charge in [-0.2, -0.15) is 5.11 Å². The number of allylic oxidation sites excluding steroid dienone is 1. The lowest BCUT2D eigenvalue weighted by Crippen LogP contribution is -2.22. The van der Waals surface area contributed by atoms with Crippen LogP contribution in [0.4, 0.5) is 0 Å². The zero-order valence-electron chi connectivity index (χ0n) is 5.51. The third-order valence-corrected chi connectivity index (χ3v) is 1.40. The van der Waals surface area contributed by atoms with Crippen LogP contribution < -0.4 is 0 Å². The van der Waals surface area contributed by atoms with Crippen molar-refractivity contribution in [1.82, 2.24) is 0 Å². The Hall–Kier alpha value is -1.65. The second kappa shape index (κ2) is 2.19. The predicted octanol–water partition coefficient (Wildman–Crippen LogP) is 0.344. The van der Waals surface area contributed by atoms with Gasteiger partial charge in [0, 0.05) is 6.21 Å². The van der Waals surface area contributed by atoms with Gasteiger partial charge in [0.2, 0.25) is 0 Å². The fourth-order valence-corrected chi connectivity index (χ4v) is 0.886. The Morgan fingerprint density at radius 2 is 2.27 bits per heavy atom. The van der Waals surface area contributed by atoms with E-state index in [2.05, 4.69) is 20.2 Å². The highest BCUT2D eigenvalue weighted by Crippen LogP contribution is 2.15. The van der Waals surface area contributed by atoms with E-state index in [4.69, 9.17) is 0 Å². The van der Waals surface area contributed by atoms with Crippen molar-refractivity contribution in [3.8, 4) is 0 Å². The van der Waals surface area contributed by atoms with E-state index in [0.717, 1.165) is 0 Å². The molecule has 2 rings (SSSR count). The molecule has 1 unspecified atom stereocenters. The van der Waals surface area contributed by atoms with Gasteiger partial charge >= 0.3 is 0 Å². The van der Waals surface area contributed by atoms with Gasteiger partial charge in [-0.1, -0.05) is 0 Å². The molecular formula is C6H4N4O. The summed E-state index contributed by atoms with van der Waals surface area (Å²) in [6, 6.07) is -0.593. The Morgan fingerprint density at radius 3 is 3.09 bits per heavy atom. The molecule has 0 aromatic carbocycles. The summed E-state index contributed by atoms with van der Waals surface area (Å²) in [6.07, 6.45) is 4.39. The molecule has 0 N–H and O–H groups in total. The van der Waals surface area contributed by atoms with Crippen LogP contribution in [0.1, 0.15) is 0 Å². The normalized spacial score (nSPS) is 26.7. The van der Waals surface area contributed by atoms with Crippen molar-refractivity contribution in [2.45, 2.75) is 6.04 Å². The summed E-state index contributed by atoms with van der Waals surface area (Å²) in [7, 11) is 0. The van der Waals surface area contributed by atoms with Crippen LogP contribution in [0.5, 0.6) is 0 Å². The minimum absolute atomic E-state index is 0.303. The number of amides is 1. The number of rotatable bonds is 0. The van der Waals surface area contributed by atoms with E-state index < -0.39 is 6.04 Å². The minimum atomic E-state index is -0.593. The molecule has 5 heteroatoms. The van der Waals surface area contributed by atoms with Crippen LogP contribution >= 0.6 is 0 Å². The van der Waals surface area contributed by atoms with Crippen LogP contribution in [0.3, 0.4) is 0 Å². The molecule has 11 heavy (non-hydrogen) atoms. The largest absolute Gasteiger partial charge is 0.278 e.